The minimum Gasteiger partial charge on any atom is -0.478 e. The van der Waals surface area contributed by atoms with E-state index < -0.39 is 5.97 Å². The molecule has 90 valence electrons. The monoisotopic (exact) mass is 232 g/mol. The first-order valence-electron chi connectivity index (χ1n) is 5.69. The summed E-state index contributed by atoms with van der Waals surface area (Å²) in [6.07, 6.45) is 4.76. The number of aromatic nitrogens is 1. The highest BCUT2D eigenvalue weighted by Gasteiger charge is 2.20. The maximum absolute atomic E-state index is 11.3. The Morgan fingerprint density at radius 1 is 1.47 bits per heavy atom. The molecule has 0 fully saturated rings. The van der Waals surface area contributed by atoms with E-state index in [1.54, 1.807) is 19.2 Å². The largest absolute Gasteiger partial charge is 0.478 e. The Labute approximate surface area is 101 Å². The third-order valence-corrected chi connectivity index (χ3v) is 3.09. The predicted octanol–water partition coefficient (Wildman–Crippen LogP) is 2.24. The number of carboxylic acid groups (broad SMARTS) is 1. The van der Waals surface area contributed by atoms with Crippen molar-refractivity contribution in [2.75, 3.05) is 18.0 Å². The van der Waals surface area contributed by atoms with E-state index in [9.17, 15) is 9.90 Å². The molecule has 4 heteroatoms. The number of carboxylic acids is 1. The van der Waals surface area contributed by atoms with Crippen molar-refractivity contribution in [1.82, 2.24) is 4.98 Å². The van der Waals surface area contributed by atoms with Crippen molar-refractivity contribution in [3.05, 3.63) is 35.0 Å². The van der Waals surface area contributed by atoms with Gasteiger partial charge in [-0.25, -0.2) is 9.78 Å². The standard InChI is InChI=1S/C13H16N2O2/c1-9-4-7-15(8-5-9)12-11(13(16)17)10(2)3-6-14-12/h3-4,6H,5,7-8H2,1-2H3,(H,16,17). The molecule has 0 aromatic carbocycles. The first-order valence-corrected chi connectivity index (χ1v) is 5.69. The van der Waals surface area contributed by atoms with Crippen LogP contribution in [0.2, 0.25) is 0 Å². The van der Waals surface area contributed by atoms with E-state index in [1.807, 2.05) is 4.90 Å². The molecule has 1 aromatic heterocycles. The second kappa shape index (κ2) is 4.57. The van der Waals surface area contributed by atoms with Crippen LogP contribution in [0.15, 0.2) is 23.9 Å². The third-order valence-electron chi connectivity index (χ3n) is 3.09. The molecule has 0 radical (unpaired) electrons. The van der Waals surface area contributed by atoms with Gasteiger partial charge >= 0.3 is 5.97 Å². The molecule has 1 aliphatic heterocycles. The van der Waals surface area contributed by atoms with Gasteiger partial charge in [-0.1, -0.05) is 11.6 Å². The summed E-state index contributed by atoms with van der Waals surface area (Å²) in [6.45, 7) is 5.47. The van der Waals surface area contributed by atoms with Gasteiger partial charge < -0.3 is 10.0 Å². The summed E-state index contributed by atoms with van der Waals surface area (Å²) in [5.74, 6) is -0.321. The highest BCUT2D eigenvalue weighted by atomic mass is 16.4. The molecule has 2 rings (SSSR count). The van der Waals surface area contributed by atoms with Crippen molar-refractivity contribution in [2.45, 2.75) is 20.3 Å². The lowest BCUT2D eigenvalue weighted by Gasteiger charge is -2.27. The molecule has 2 heterocycles. The number of nitrogens with zero attached hydrogens (tertiary/aromatic N) is 2. The fourth-order valence-electron chi connectivity index (χ4n) is 2.01. The molecule has 0 spiro atoms. The number of aryl methyl sites for hydroxylation is 1. The van der Waals surface area contributed by atoms with Gasteiger partial charge in [-0.05, 0) is 31.9 Å². The van der Waals surface area contributed by atoms with Gasteiger partial charge in [0.15, 0.2) is 0 Å². The lowest BCUT2D eigenvalue weighted by molar-refractivity contribution is 0.0696. The Kier molecular flexibility index (Phi) is 3.13. The van der Waals surface area contributed by atoms with Gasteiger partial charge in [0.2, 0.25) is 0 Å². The van der Waals surface area contributed by atoms with E-state index in [0.29, 0.717) is 11.4 Å². The molecular formula is C13H16N2O2. The quantitative estimate of drug-likeness (QED) is 0.794. The lowest BCUT2D eigenvalue weighted by Crippen LogP contribution is -2.30. The van der Waals surface area contributed by atoms with E-state index in [2.05, 4.69) is 18.0 Å². The number of aromatic carboxylic acids is 1. The summed E-state index contributed by atoms with van der Waals surface area (Å²) in [5, 5.41) is 9.25. The summed E-state index contributed by atoms with van der Waals surface area (Å²) in [4.78, 5) is 17.5. The molecule has 1 aliphatic rings. The van der Waals surface area contributed by atoms with Gasteiger partial charge in [0.1, 0.15) is 11.4 Å². The van der Waals surface area contributed by atoms with Crippen LogP contribution in [0, 0.1) is 6.92 Å². The van der Waals surface area contributed by atoms with Crippen LogP contribution < -0.4 is 4.90 Å². The average Bonchev–Trinajstić information content (AvgIpc) is 2.29. The molecule has 0 amide bonds. The van der Waals surface area contributed by atoms with Gasteiger partial charge in [0.25, 0.3) is 0 Å². The van der Waals surface area contributed by atoms with Gasteiger partial charge in [0.05, 0.1) is 0 Å². The van der Waals surface area contributed by atoms with Gasteiger partial charge in [0, 0.05) is 19.3 Å². The molecule has 0 unspecified atom stereocenters. The number of pyridine rings is 1. The van der Waals surface area contributed by atoms with E-state index in [0.717, 1.165) is 25.1 Å². The normalized spacial score (nSPS) is 15.6. The van der Waals surface area contributed by atoms with Crippen LogP contribution in [0.4, 0.5) is 5.82 Å². The SMILES string of the molecule is CC1=CCN(c2nccc(C)c2C(=O)O)CC1. The first-order chi connectivity index (χ1) is 8.09. The molecule has 1 aromatic rings. The van der Waals surface area contributed by atoms with Gasteiger partial charge in [-0.2, -0.15) is 0 Å². The fraction of sp³-hybridized carbons (Fsp3) is 0.385. The maximum atomic E-state index is 11.3. The molecule has 1 N–H and O–H groups in total. The van der Waals surface area contributed by atoms with Crippen molar-refractivity contribution in [1.29, 1.82) is 0 Å². The Balaban J connectivity index is 2.39. The second-order valence-electron chi connectivity index (χ2n) is 4.38. The van der Waals surface area contributed by atoms with E-state index >= 15 is 0 Å². The van der Waals surface area contributed by atoms with Crippen molar-refractivity contribution in [2.24, 2.45) is 0 Å². The van der Waals surface area contributed by atoms with Crippen LogP contribution in [-0.2, 0) is 0 Å². The van der Waals surface area contributed by atoms with E-state index in [1.165, 1.54) is 5.57 Å². The summed E-state index contributed by atoms with van der Waals surface area (Å²) in [7, 11) is 0. The highest BCUT2D eigenvalue weighted by Crippen LogP contribution is 2.23. The van der Waals surface area contributed by atoms with Crippen molar-refractivity contribution < 1.29 is 9.90 Å². The minimum absolute atomic E-state index is 0.320. The van der Waals surface area contributed by atoms with Crippen LogP contribution in [0.25, 0.3) is 0 Å². The third kappa shape index (κ3) is 2.30. The average molecular weight is 232 g/mol. The number of hydrogen-bond donors (Lipinski definition) is 1. The minimum atomic E-state index is -0.906. The summed E-state index contributed by atoms with van der Waals surface area (Å²) in [5.41, 5.74) is 2.43. The lowest BCUT2D eigenvalue weighted by atomic mass is 10.1. The Bertz CT molecular complexity index is 480. The van der Waals surface area contributed by atoms with Crippen LogP contribution in [0.5, 0.6) is 0 Å². The van der Waals surface area contributed by atoms with Crippen LogP contribution in [0.3, 0.4) is 0 Å². The van der Waals surface area contributed by atoms with Crippen molar-refractivity contribution >= 4 is 11.8 Å². The molecule has 17 heavy (non-hydrogen) atoms. The Morgan fingerprint density at radius 3 is 2.82 bits per heavy atom. The molecule has 0 bridgehead atoms. The summed E-state index contributed by atoms with van der Waals surface area (Å²) < 4.78 is 0. The number of anilines is 1. The fourth-order valence-corrected chi connectivity index (χ4v) is 2.01. The van der Waals surface area contributed by atoms with E-state index in [4.69, 9.17) is 0 Å². The predicted molar refractivity (Wildman–Crippen MR) is 66.5 cm³/mol. The summed E-state index contributed by atoms with van der Waals surface area (Å²) in [6, 6.07) is 1.73. The van der Waals surface area contributed by atoms with Crippen molar-refractivity contribution in [3.8, 4) is 0 Å². The van der Waals surface area contributed by atoms with Crippen molar-refractivity contribution in [3.63, 3.8) is 0 Å². The zero-order chi connectivity index (χ0) is 12.4. The van der Waals surface area contributed by atoms with E-state index in [-0.39, 0.29) is 0 Å². The molecule has 0 saturated heterocycles. The zero-order valence-electron chi connectivity index (χ0n) is 10.1. The van der Waals surface area contributed by atoms with Gasteiger partial charge in [-0.3, -0.25) is 0 Å². The topological polar surface area (TPSA) is 53.4 Å². The second-order valence-corrected chi connectivity index (χ2v) is 4.38. The molecule has 0 aliphatic carbocycles. The molecule has 4 nitrogen and oxygen atoms in total. The number of carbonyl (C=O) groups is 1. The summed E-state index contributed by atoms with van der Waals surface area (Å²) >= 11 is 0. The van der Waals surface area contributed by atoms with Crippen LogP contribution in [0.1, 0.15) is 29.3 Å². The Hall–Kier alpha value is -1.84. The smallest absolute Gasteiger partial charge is 0.339 e. The first kappa shape index (κ1) is 11.6. The Morgan fingerprint density at radius 2 is 2.24 bits per heavy atom. The number of hydrogen-bond acceptors (Lipinski definition) is 3. The van der Waals surface area contributed by atoms with Crippen LogP contribution >= 0.6 is 0 Å². The molecule has 0 atom stereocenters. The highest BCUT2D eigenvalue weighted by molar-refractivity contribution is 5.95. The van der Waals surface area contributed by atoms with Crippen LogP contribution in [-0.4, -0.2) is 29.1 Å². The van der Waals surface area contributed by atoms with Gasteiger partial charge in [-0.15, -0.1) is 0 Å². The maximum Gasteiger partial charge on any atom is 0.339 e. The zero-order valence-corrected chi connectivity index (χ0v) is 10.1. The molecular weight excluding hydrogens is 216 g/mol. The molecule has 0 saturated carbocycles. The number of rotatable bonds is 2.